The van der Waals surface area contributed by atoms with E-state index in [1.807, 2.05) is 0 Å². The first-order valence-electron chi connectivity index (χ1n) is 5.68. The molecule has 0 unspecified atom stereocenters. The predicted octanol–water partition coefficient (Wildman–Crippen LogP) is -0.248. The number of carboxylic acid groups (broad SMARTS) is 1. The van der Waals surface area contributed by atoms with Crippen LogP contribution in [0.3, 0.4) is 0 Å². The number of nitrogens with zero attached hydrogens (tertiary/aromatic N) is 1. The standard InChI is InChI=1S/C11H22N2O3/c1-8-4-12-9(6-14)5-13(8)7-11(2,3)10(15)16/h8-9,12,14H,4-7H2,1-3H3,(H,15,16)/t8-,9-/m1/s1. The van der Waals surface area contributed by atoms with Gasteiger partial charge in [0.1, 0.15) is 0 Å². The summed E-state index contributed by atoms with van der Waals surface area (Å²) in [5.74, 6) is -0.779. The third kappa shape index (κ3) is 3.17. The Labute approximate surface area is 96.4 Å². The number of carbonyl (C=O) groups is 1. The number of aliphatic carboxylic acids is 1. The van der Waals surface area contributed by atoms with Crippen LogP contribution in [-0.2, 0) is 4.79 Å². The van der Waals surface area contributed by atoms with Crippen LogP contribution in [0.4, 0.5) is 0 Å². The third-order valence-corrected chi connectivity index (χ3v) is 3.18. The molecule has 1 heterocycles. The second-order valence-corrected chi connectivity index (χ2v) is 5.26. The van der Waals surface area contributed by atoms with Crippen molar-refractivity contribution in [2.45, 2.75) is 32.9 Å². The molecule has 1 fully saturated rings. The van der Waals surface area contributed by atoms with Crippen LogP contribution in [0.15, 0.2) is 0 Å². The molecule has 2 atom stereocenters. The molecule has 0 aromatic carbocycles. The van der Waals surface area contributed by atoms with Crippen molar-refractivity contribution in [3.8, 4) is 0 Å². The molecule has 1 saturated heterocycles. The maximum atomic E-state index is 11.1. The highest BCUT2D eigenvalue weighted by Crippen LogP contribution is 2.20. The van der Waals surface area contributed by atoms with Crippen LogP contribution < -0.4 is 5.32 Å². The van der Waals surface area contributed by atoms with Gasteiger partial charge in [-0.3, -0.25) is 9.69 Å². The summed E-state index contributed by atoms with van der Waals surface area (Å²) in [6.07, 6.45) is 0. The van der Waals surface area contributed by atoms with Gasteiger partial charge in [0, 0.05) is 31.7 Å². The van der Waals surface area contributed by atoms with Crippen molar-refractivity contribution in [1.82, 2.24) is 10.2 Å². The van der Waals surface area contributed by atoms with Crippen molar-refractivity contribution < 1.29 is 15.0 Å². The number of piperazine rings is 1. The number of carboxylic acids is 1. The molecule has 1 rings (SSSR count). The fourth-order valence-corrected chi connectivity index (χ4v) is 1.91. The molecule has 5 nitrogen and oxygen atoms in total. The Morgan fingerprint density at radius 2 is 2.19 bits per heavy atom. The Bertz CT molecular complexity index is 256. The number of hydrogen-bond acceptors (Lipinski definition) is 4. The molecule has 1 aliphatic heterocycles. The number of nitrogens with one attached hydrogen (secondary N) is 1. The Balaban J connectivity index is 2.60. The lowest BCUT2D eigenvalue weighted by Crippen LogP contribution is -2.58. The van der Waals surface area contributed by atoms with Crippen LogP contribution in [-0.4, -0.2) is 59.4 Å². The van der Waals surface area contributed by atoms with Gasteiger partial charge >= 0.3 is 5.97 Å². The predicted molar refractivity (Wildman–Crippen MR) is 61.3 cm³/mol. The van der Waals surface area contributed by atoms with E-state index in [9.17, 15) is 4.79 Å². The Morgan fingerprint density at radius 1 is 1.56 bits per heavy atom. The molecule has 0 saturated carbocycles. The zero-order chi connectivity index (χ0) is 12.3. The van der Waals surface area contributed by atoms with Gasteiger partial charge in [-0.05, 0) is 20.8 Å². The highest BCUT2D eigenvalue weighted by Gasteiger charge is 2.34. The van der Waals surface area contributed by atoms with E-state index < -0.39 is 11.4 Å². The summed E-state index contributed by atoms with van der Waals surface area (Å²) >= 11 is 0. The summed E-state index contributed by atoms with van der Waals surface area (Å²) in [4.78, 5) is 13.2. The number of aliphatic hydroxyl groups excluding tert-OH is 1. The molecule has 0 amide bonds. The summed E-state index contributed by atoms with van der Waals surface area (Å²) in [6.45, 7) is 7.64. The fraction of sp³-hybridized carbons (Fsp3) is 0.909. The van der Waals surface area contributed by atoms with Crippen molar-refractivity contribution in [2.24, 2.45) is 5.41 Å². The Kier molecular flexibility index (Phi) is 4.29. The van der Waals surface area contributed by atoms with Crippen molar-refractivity contribution in [2.75, 3.05) is 26.2 Å². The van der Waals surface area contributed by atoms with Crippen molar-refractivity contribution in [1.29, 1.82) is 0 Å². The van der Waals surface area contributed by atoms with E-state index in [1.165, 1.54) is 0 Å². The van der Waals surface area contributed by atoms with Crippen molar-refractivity contribution in [3.05, 3.63) is 0 Å². The first-order chi connectivity index (χ1) is 7.36. The van der Waals surface area contributed by atoms with E-state index in [4.69, 9.17) is 10.2 Å². The normalized spacial score (nSPS) is 28.0. The lowest BCUT2D eigenvalue weighted by molar-refractivity contribution is -0.148. The van der Waals surface area contributed by atoms with E-state index in [0.29, 0.717) is 19.1 Å². The van der Waals surface area contributed by atoms with Crippen LogP contribution >= 0.6 is 0 Å². The third-order valence-electron chi connectivity index (χ3n) is 3.18. The second kappa shape index (κ2) is 5.12. The molecule has 0 spiro atoms. The number of hydrogen-bond donors (Lipinski definition) is 3. The summed E-state index contributed by atoms with van der Waals surface area (Å²) in [5, 5.41) is 21.4. The largest absolute Gasteiger partial charge is 0.481 e. The molecule has 1 aliphatic rings. The molecule has 5 heteroatoms. The monoisotopic (exact) mass is 230 g/mol. The Morgan fingerprint density at radius 3 is 2.69 bits per heavy atom. The lowest BCUT2D eigenvalue weighted by atomic mass is 9.91. The van der Waals surface area contributed by atoms with E-state index >= 15 is 0 Å². The van der Waals surface area contributed by atoms with E-state index in [0.717, 1.165) is 6.54 Å². The van der Waals surface area contributed by atoms with Gasteiger partial charge in [0.2, 0.25) is 0 Å². The topological polar surface area (TPSA) is 72.8 Å². The van der Waals surface area contributed by atoms with Crippen LogP contribution in [0.25, 0.3) is 0 Å². The van der Waals surface area contributed by atoms with Crippen LogP contribution in [0.5, 0.6) is 0 Å². The van der Waals surface area contributed by atoms with Gasteiger partial charge < -0.3 is 15.5 Å². The fourth-order valence-electron chi connectivity index (χ4n) is 1.91. The van der Waals surface area contributed by atoms with Crippen molar-refractivity contribution >= 4 is 5.97 Å². The molecule has 0 bridgehead atoms. The SMILES string of the molecule is C[C@@H]1CN[C@@H](CO)CN1CC(C)(C)C(=O)O. The van der Waals surface area contributed by atoms with Crippen LogP contribution in [0.1, 0.15) is 20.8 Å². The summed E-state index contributed by atoms with van der Waals surface area (Å²) in [7, 11) is 0. The summed E-state index contributed by atoms with van der Waals surface area (Å²) < 4.78 is 0. The molecule has 0 aromatic rings. The maximum absolute atomic E-state index is 11.1. The zero-order valence-electron chi connectivity index (χ0n) is 10.2. The number of rotatable bonds is 4. The zero-order valence-corrected chi connectivity index (χ0v) is 10.2. The molecule has 0 radical (unpaired) electrons. The first kappa shape index (κ1) is 13.4. The maximum Gasteiger partial charge on any atom is 0.310 e. The van der Waals surface area contributed by atoms with Crippen molar-refractivity contribution in [3.63, 3.8) is 0 Å². The first-order valence-corrected chi connectivity index (χ1v) is 5.68. The smallest absolute Gasteiger partial charge is 0.310 e. The van der Waals surface area contributed by atoms with Gasteiger partial charge in [-0.2, -0.15) is 0 Å². The molecule has 94 valence electrons. The van der Waals surface area contributed by atoms with Gasteiger partial charge in [-0.1, -0.05) is 0 Å². The van der Waals surface area contributed by atoms with E-state index in [-0.39, 0.29) is 12.6 Å². The highest BCUT2D eigenvalue weighted by atomic mass is 16.4. The average molecular weight is 230 g/mol. The minimum absolute atomic E-state index is 0.0563. The number of aliphatic hydroxyl groups is 1. The molecule has 0 aromatic heterocycles. The minimum Gasteiger partial charge on any atom is -0.481 e. The van der Waals surface area contributed by atoms with Gasteiger partial charge in [0.25, 0.3) is 0 Å². The van der Waals surface area contributed by atoms with E-state index in [2.05, 4.69) is 17.1 Å². The Hall–Kier alpha value is -0.650. The summed E-state index contributed by atoms with van der Waals surface area (Å²) in [5.41, 5.74) is -0.744. The molecule has 3 N–H and O–H groups in total. The van der Waals surface area contributed by atoms with Gasteiger partial charge in [-0.15, -0.1) is 0 Å². The second-order valence-electron chi connectivity index (χ2n) is 5.26. The lowest BCUT2D eigenvalue weighted by Gasteiger charge is -2.41. The molecular weight excluding hydrogens is 208 g/mol. The van der Waals surface area contributed by atoms with Crippen LogP contribution in [0.2, 0.25) is 0 Å². The molecule has 16 heavy (non-hydrogen) atoms. The van der Waals surface area contributed by atoms with Crippen LogP contribution in [0, 0.1) is 5.41 Å². The summed E-state index contributed by atoms with van der Waals surface area (Å²) in [6, 6.07) is 0.363. The van der Waals surface area contributed by atoms with Gasteiger partial charge in [-0.25, -0.2) is 0 Å². The quantitative estimate of drug-likeness (QED) is 0.621. The molecule has 0 aliphatic carbocycles. The van der Waals surface area contributed by atoms with Gasteiger partial charge in [0.05, 0.1) is 12.0 Å². The highest BCUT2D eigenvalue weighted by molar-refractivity contribution is 5.73. The average Bonchev–Trinajstić information content (AvgIpc) is 2.21. The van der Waals surface area contributed by atoms with Gasteiger partial charge in [0.15, 0.2) is 0 Å². The molecular formula is C11H22N2O3. The minimum atomic E-state index is -0.779. The van der Waals surface area contributed by atoms with E-state index in [1.54, 1.807) is 13.8 Å².